The Morgan fingerprint density at radius 2 is 2.14 bits per heavy atom. The fourth-order valence-corrected chi connectivity index (χ4v) is 2.24. The van der Waals surface area contributed by atoms with Crippen molar-refractivity contribution in [3.05, 3.63) is 34.9 Å². The van der Waals surface area contributed by atoms with Crippen LogP contribution in [0.25, 0.3) is 0 Å². The molecule has 1 N–H and O–H groups in total. The molecule has 2 rings (SSSR count). The summed E-state index contributed by atoms with van der Waals surface area (Å²) in [6.45, 7) is 1.14. The topological polar surface area (TPSA) is 12.0 Å². The molecule has 0 bridgehead atoms. The smallest absolute Gasteiger partial charge is 0.0409 e. The molecule has 1 aliphatic rings. The molecule has 14 heavy (non-hydrogen) atoms. The molecule has 0 aliphatic carbocycles. The predicted octanol–water partition coefficient (Wildman–Crippen LogP) is 3.54. The normalized spacial score (nSPS) is 23.1. The summed E-state index contributed by atoms with van der Waals surface area (Å²) in [6.07, 6.45) is 5.21. The lowest BCUT2D eigenvalue weighted by molar-refractivity contribution is 0.535. The second-order valence-electron chi connectivity index (χ2n) is 3.91. The van der Waals surface area contributed by atoms with Crippen molar-refractivity contribution in [2.75, 3.05) is 6.54 Å². The first-order valence-electron chi connectivity index (χ1n) is 5.35. The van der Waals surface area contributed by atoms with Crippen LogP contribution in [-0.2, 0) is 0 Å². The van der Waals surface area contributed by atoms with Crippen LogP contribution in [0.4, 0.5) is 0 Å². The number of rotatable bonds is 1. The summed E-state index contributed by atoms with van der Waals surface area (Å²) in [5.74, 6) is 0. The van der Waals surface area contributed by atoms with Gasteiger partial charge >= 0.3 is 0 Å². The molecule has 1 fully saturated rings. The van der Waals surface area contributed by atoms with Gasteiger partial charge in [0.1, 0.15) is 0 Å². The molecule has 0 radical (unpaired) electrons. The highest BCUT2D eigenvalue weighted by Gasteiger charge is 2.13. The van der Waals surface area contributed by atoms with Crippen molar-refractivity contribution in [2.24, 2.45) is 0 Å². The highest BCUT2D eigenvalue weighted by atomic mass is 35.5. The van der Waals surface area contributed by atoms with E-state index in [-0.39, 0.29) is 0 Å². The van der Waals surface area contributed by atoms with Crippen molar-refractivity contribution >= 4 is 11.6 Å². The van der Waals surface area contributed by atoms with E-state index in [1.165, 1.54) is 31.2 Å². The van der Waals surface area contributed by atoms with Crippen LogP contribution < -0.4 is 5.32 Å². The van der Waals surface area contributed by atoms with Gasteiger partial charge < -0.3 is 5.32 Å². The third kappa shape index (κ3) is 2.49. The third-order valence-corrected chi connectivity index (χ3v) is 3.05. The second kappa shape index (κ2) is 4.81. The van der Waals surface area contributed by atoms with Gasteiger partial charge in [-0.2, -0.15) is 0 Å². The first-order chi connectivity index (χ1) is 6.86. The van der Waals surface area contributed by atoms with E-state index in [0.717, 1.165) is 11.6 Å². The molecule has 1 saturated heterocycles. The molecule has 1 aromatic carbocycles. The average Bonchev–Trinajstić information content (AvgIpc) is 2.45. The fraction of sp³-hybridized carbons (Fsp3) is 0.500. The molecule has 2 heteroatoms. The number of hydrogen-bond acceptors (Lipinski definition) is 1. The Morgan fingerprint density at radius 1 is 1.21 bits per heavy atom. The van der Waals surface area contributed by atoms with Gasteiger partial charge in [0.05, 0.1) is 0 Å². The molecule has 76 valence electrons. The predicted molar refractivity (Wildman–Crippen MR) is 60.7 cm³/mol. The van der Waals surface area contributed by atoms with Crippen molar-refractivity contribution in [3.63, 3.8) is 0 Å². The van der Waals surface area contributed by atoms with Crippen LogP contribution in [0.1, 0.15) is 37.3 Å². The van der Waals surface area contributed by atoms with E-state index < -0.39 is 0 Å². The molecule has 1 aliphatic heterocycles. The van der Waals surface area contributed by atoms with E-state index in [1.54, 1.807) is 0 Å². The van der Waals surface area contributed by atoms with Crippen molar-refractivity contribution in [1.82, 2.24) is 5.32 Å². The van der Waals surface area contributed by atoms with Crippen molar-refractivity contribution in [2.45, 2.75) is 31.7 Å². The molecule has 1 aromatic rings. The lowest BCUT2D eigenvalue weighted by Crippen LogP contribution is -2.20. The Morgan fingerprint density at radius 3 is 3.00 bits per heavy atom. The van der Waals surface area contributed by atoms with E-state index in [0.29, 0.717) is 6.04 Å². The molecule has 0 aromatic heterocycles. The van der Waals surface area contributed by atoms with E-state index in [2.05, 4.69) is 17.4 Å². The van der Waals surface area contributed by atoms with Crippen LogP contribution in [-0.4, -0.2) is 6.54 Å². The number of benzene rings is 1. The molecule has 1 heterocycles. The quantitative estimate of drug-likeness (QED) is 0.746. The summed E-state index contributed by atoms with van der Waals surface area (Å²) in [5.41, 5.74) is 1.33. The van der Waals surface area contributed by atoms with Gasteiger partial charge in [0.2, 0.25) is 0 Å². The molecule has 0 saturated carbocycles. The van der Waals surface area contributed by atoms with Gasteiger partial charge in [-0.25, -0.2) is 0 Å². The van der Waals surface area contributed by atoms with Crippen LogP contribution in [0.15, 0.2) is 24.3 Å². The van der Waals surface area contributed by atoms with Crippen LogP contribution >= 0.6 is 11.6 Å². The molecular weight excluding hydrogens is 194 g/mol. The maximum absolute atomic E-state index is 5.98. The van der Waals surface area contributed by atoms with Gasteiger partial charge in [0, 0.05) is 11.1 Å². The van der Waals surface area contributed by atoms with E-state index in [4.69, 9.17) is 11.6 Å². The number of halogens is 1. The monoisotopic (exact) mass is 209 g/mol. The maximum atomic E-state index is 5.98. The van der Waals surface area contributed by atoms with Crippen molar-refractivity contribution < 1.29 is 0 Å². The Balaban J connectivity index is 2.12. The zero-order valence-electron chi connectivity index (χ0n) is 8.30. The first-order valence-corrected chi connectivity index (χ1v) is 5.73. The zero-order valence-corrected chi connectivity index (χ0v) is 9.06. The minimum absolute atomic E-state index is 0.510. The summed E-state index contributed by atoms with van der Waals surface area (Å²) in [5, 5.41) is 4.41. The largest absolute Gasteiger partial charge is 0.310 e. The van der Waals surface area contributed by atoms with E-state index >= 15 is 0 Å². The summed E-state index contributed by atoms with van der Waals surface area (Å²) in [4.78, 5) is 0. The molecule has 0 spiro atoms. The summed E-state index contributed by atoms with van der Waals surface area (Å²) >= 11 is 5.98. The standard InChI is InChI=1S/C12H16ClN/c13-11-6-4-5-10(9-11)12-7-2-1-3-8-14-12/h4-6,9,12,14H,1-3,7-8H2. The molecular formula is C12H16ClN. The van der Waals surface area contributed by atoms with Crippen LogP contribution in [0.3, 0.4) is 0 Å². The lowest BCUT2D eigenvalue weighted by Gasteiger charge is -2.16. The summed E-state index contributed by atoms with van der Waals surface area (Å²) < 4.78 is 0. The van der Waals surface area contributed by atoms with Gasteiger partial charge in [-0.15, -0.1) is 0 Å². The molecule has 1 atom stereocenters. The fourth-order valence-electron chi connectivity index (χ4n) is 2.04. The molecule has 0 amide bonds. The number of hydrogen-bond donors (Lipinski definition) is 1. The van der Waals surface area contributed by atoms with Gasteiger partial charge in [-0.05, 0) is 37.1 Å². The van der Waals surface area contributed by atoms with Gasteiger partial charge in [-0.1, -0.05) is 36.6 Å². The van der Waals surface area contributed by atoms with Gasteiger partial charge in [0.25, 0.3) is 0 Å². The van der Waals surface area contributed by atoms with E-state index in [9.17, 15) is 0 Å². The highest BCUT2D eigenvalue weighted by molar-refractivity contribution is 6.30. The summed E-state index contributed by atoms with van der Waals surface area (Å²) in [6, 6.07) is 8.71. The Labute approximate surface area is 90.5 Å². The zero-order chi connectivity index (χ0) is 9.80. The minimum atomic E-state index is 0.510. The van der Waals surface area contributed by atoms with Gasteiger partial charge in [0.15, 0.2) is 0 Å². The summed E-state index contributed by atoms with van der Waals surface area (Å²) in [7, 11) is 0. The van der Waals surface area contributed by atoms with Crippen LogP contribution in [0.2, 0.25) is 5.02 Å². The van der Waals surface area contributed by atoms with Gasteiger partial charge in [-0.3, -0.25) is 0 Å². The minimum Gasteiger partial charge on any atom is -0.310 e. The SMILES string of the molecule is Clc1cccc(C2CCCCCN2)c1. The lowest BCUT2D eigenvalue weighted by atomic mass is 10.0. The first kappa shape index (κ1) is 10.0. The van der Waals surface area contributed by atoms with Crippen LogP contribution in [0, 0.1) is 0 Å². The van der Waals surface area contributed by atoms with E-state index in [1.807, 2.05) is 12.1 Å². The molecule has 1 unspecified atom stereocenters. The average molecular weight is 210 g/mol. The van der Waals surface area contributed by atoms with Crippen LogP contribution in [0.5, 0.6) is 0 Å². The Hall–Kier alpha value is -0.530. The third-order valence-electron chi connectivity index (χ3n) is 2.81. The van der Waals surface area contributed by atoms with Crippen molar-refractivity contribution in [1.29, 1.82) is 0 Å². The van der Waals surface area contributed by atoms with Crippen molar-refractivity contribution in [3.8, 4) is 0 Å². The Bertz CT molecular complexity index is 290. The number of nitrogens with one attached hydrogen (secondary N) is 1. The molecule has 1 nitrogen and oxygen atoms in total. The second-order valence-corrected chi connectivity index (χ2v) is 4.35. The Kier molecular flexibility index (Phi) is 3.44. The highest BCUT2D eigenvalue weighted by Crippen LogP contribution is 2.24. The maximum Gasteiger partial charge on any atom is 0.0409 e.